The van der Waals surface area contributed by atoms with Crippen LogP contribution in [0.2, 0.25) is 5.02 Å². The average molecular weight is 380 g/mol. The molecule has 2 aromatic carbocycles. The summed E-state index contributed by atoms with van der Waals surface area (Å²) in [5, 5.41) is 3.69. The maximum Gasteiger partial charge on any atom is 0.243 e. The second kappa shape index (κ2) is 7.03. The van der Waals surface area contributed by atoms with Gasteiger partial charge in [0.2, 0.25) is 15.9 Å². The minimum Gasteiger partial charge on any atom is -0.384 e. The predicted molar refractivity (Wildman–Crippen MR) is 96.9 cm³/mol. The summed E-state index contributed by atoms with van der Waals surface area (Å²) in [6.45, 7) is 0.550. The third-order valence-corrected chi connectivity index (χ3v) is 6.08. The SMILES string of the molecule is NC(=O)CN(Cc1ccc2c(c1)CCN2)S(=O)(=O)c1ccc(Cl)cc1. The van der Waals surface area contributed by atoms with Crippen molar-refractivity contribution in [3.8, 4) is 0 Å². The number of nitrogens with one attached hydrogen (secondary N) is 1. The summed E-state index contributed by atoms with van der Waals surface area (Å²) in [5.41, 5.74) is 8.27. The highest BCUT2D eigenvalue weighted by atomic mass is 35.5. The van der Waals surface area contributed by atoms with Crippen LogP contribution < -0.4 is 11.1 Å². The number of nitrogens with zero attached hydrogens (tertiary/aromatic N) is 1. The normalized spacial score (nSPS) is 13.5. The summed E-state index contributed by atoms with van der Waals surface area (Å²) in [5.74, 6) is -0.708. The molecule has 0 spiro atoms. The van der Waals surface area contributed by atoms with E-state index in [1.165, 1.54) is 24.3 Å². The number of rotatable bonds is 6. The largest absolute Gasteiger partial charge is 0.384 e. The summed E-state index contributed by atoms with van der Waals surface area (Å²) in [6, 6.07) is 11.6. The van der Waals surface area contributed by atoms with Crippen molar-refractivity contribution in [1.29, 1.82) is 0 Å². The Bertz CT molecular complexity index is 898. The van der Waals surface area contributed by atoms with Gasteiger partial charge in [-0.15, -0.1) is 0 Å². The van der Waals surface area contributed by atoms with Gasteiger partial charge in [-0.3, -0.25) is 4.79 Å². The average Bonchev–Trinajstić information content (AvgIpc) is 3.02. The number of benzene rings is 2. The van der Waals surface area contributed by atoms with E-state index >= 15 is 0 Å². The molecule has 132 valence electrons. The third-order valence-electron chi connectivity index (χ3n) is 4.02. The van der Waals surface area contributed by atoms with Crippen LogP contribution in [0.15, 0.2) is 47.4 Å². The van der Waals surface area contributed by atoms with E-state index in [2.05, 4.69) is 5.32 Å². The van der Waals surface area contributed by atoms with E-state index < -0.39 is 15.9 Å². The Morgan fingerprint density at radius 2 is 1.92 bits per heavy atom. The van der Waals surface area contributed by atoms with E-state index in [9.17, 15) is 13.2 Å². The Balaban J connectivity index is 1.91. The number of primary amides is 1. The second-order valence-corrected chi connectivity index (χ2v) is 8.24. The molecular weight excluding hydrogens is 362 g/mol. The molecule has 0 aromatic heterocycles. The highest BCUT2D eigenvalue weighted by Gasteiger charge is 2.26. The molecule has 3 rings (SSSR count). The van der Waals surface area contributed by atoms with Gasteiger partial charge >= 0.3 is 0 Å². The van der Waals surface area contributed by atoms with Gasteiger partial charge in [-0.25, -0.2) is 8.42 Å². The molecular formula is C17H18ClN3O3S. The van der Waals surface area contributed by atoms with Gasteiger partial charge in [0.05, 0.1) is 11.4 Å². The lowest BCUT2D eigenvalue weighted by molar-refractivity contribution is -0.118. The van der Waals surface area contributed by atoms with Crippen LogP contribution in [0, 0.1) is 0 Å². The lowest BCUT2D eigenvalue weighted by Crippen LogP contribution is -2.38. The molecule has 0 radical (unpaired) electrons. The van der Waals surface area contributed by atoms with E-state index in [0.717, 1.165) is 34.1 Å². The minimum atomic E-state index is -3.87. The Hall–Kier alpha value is -2.09. The summed E-state index contributed by atoms with van der Waals surface area (Å²) < 4.78 is 26.8. The van der Waals surface area contributed by atoms with Crippen LogP contribution in [-0.2, 0) is 27.8 Å². The molecule has 3 N–H and O–H groups in total. The fourth-order valence-electron chi connectivity index (χ4n) is 2.82. The van der Waals surface area contributed by atoms with Gasteiger partial charge in [0.25, 0.3) is 0 Å². The van der Waals surface area contributed by atoms with Crippen LogP contribution in [0.25, 0.3) is 0 Å². The first-order chi connectivity index (χ1) is 11.9. The highest BCUT2D eigenvalue weighted by molar-refractivity contribution is 7.89. The van der Waals surface area contributed by atoms with Gasteiger partial charge in [0, 0.05) is 23.8 Å². The monoisotopic (exact) mass is 379 g/mol. The van der Waals surface area contributed by atoms with Gasteiger partial charge in [-0.1, -0.05) is 23.7 Å². The number of fused-ring (bicyclic) bond motifs is 1. The van der Waals surface area contributed by atoms with E-state index in [1.807, 2.05) is 18.2 Å². The first kappa shape index (κ1) is 17.7. The minimum absolute atomic E-state index is 0.0703. The molecule has 0 unspecified atom stereocenters. The smallest absolute Gasteiger partial charge is 0.243 e. The zero-order valence-electron chi connectivity index (χ0n) is 13.4. The van der Waals surface area contributed by atoms with Crippen molar-refractivity contribution >= 4 is 33.2 Å². The lowest BCUT2D eigenvalue weighted by Gasteiger charge is -2.21. The molecule has 0 atom stereocenters. The van der Waals surface area contributed by atoms with Crippen LogP contribution in [0.1, 0.15) is 11.1 Å². The first-order valence-electron chi connectivity index (χ1n) is 7.76. The molecule has 1 aliphatic rings. The molecule has 0 aliphatic carbocycles. The van der Waals surface area contributed by atoms with Gasteiger partial charge in [-0.2, -0.15) is 4.31 Å². The zero-order valence-corrected chi connectivity index (χ0v) is 15.0. The molecule has 1 amide bonds. The summed E-state index contributed by atoms with van der Waals surface area (Å²) in [4.78, 5) is 11.5. The molecule has 8 heteroatoms. The number of hydrogen-bond acceptors (Lipinski definition) is 4. The van der Waals surface area contributed by atoms with Gasteiger partial charge < -0.3 is 11.1 Å². The van der Waals surface area contributed by atoms with E-state index in [-0.39, 0.29) is 18.0 Å². The van der Waals surface area contributed by atoms with Crippen molar-refractivity contribution in [3.05, 3.63) is 58.6 Å². The molecule has 0 bridgehead atoms. The van der Waals surface area contributed by atoms with Gasteiger partial charge in [0.1, 0.15) is 0 Å². The molecule has 6 nitrogen and oxygen atoms in total. The lowest BCUT2D eigenvalue weighted by atomic mass is 10.1. The summed E-state index contributed by atoms with van der Waals surface area (Å²) in [6.07, 6.45) is 0.892. The predicted octanol–water partition coefficient (Wildman–Crippen LogP) is 1.98. The second-order valence-electron chi connectivity index (χ2n) is 5.86. The fraction of sp³-hybridized carbons (Fsp3) is 0.235. The fourth-order valence-corrected chi connectivity index (χ4v) is 4.34. The Morgan fingerprint density at radius 1 is 1.20 bits per heavy atom. The van der Waals surface area contributed by atoms with Crippen molar-refractivity contribution in [3.63, 3.8) is 0 Å². The van der Waals surface area contributed by atoms with Crippen molar-refractivity contribution < 1.29 is 13.2 Å². The topological polar surface area (TPSA) is 92.5 Å². The molecule has 0 fully saturated rings. The van der Waals surface area contributed by atoms with Crippen molar-refractivity contribution in [2.24, 2.45) is 5.73 Å². The number of carbonyl (C=O) groups is 1. The van der Waals surface area contributed by atoms with Crippen LogP contribution in [0.4, 0.5) is 5.69 Å². The van der Waals surface area contributed by atoms with E-state index in [1.54, 1.807) is 0 Å². The number of anilines is 1. The Kier molecular flexibility index (Phi) is 4.99. The van der Waals surface area contributed by atoms with Crippen LogP contribution >= 0.6 is 11.6 Å². The Labute approximate surface area is 151 Å². The molecule has 25 heavy (non-hydrogen) atoms. The number of halogens is 1. The van der Waals surface area contributed by atoms with Crippen LogP contribution in [-0.4, -0.2) is 31.7 Å². The molecule has 1 heterocycles. The molecule has 1 aliphatic heterocycles. The molecule has 2 aromatic rings. The van der Waals surface area contributed by atoms with Crippen molar-refractivity contribution in [2.75, 3.05) is 18.4 Å². The standard InChI is InChI=1S/C17H18ClN3O3S/c18-14-2-4-15(5-3-14)25(23,24)21(11-17(19)22)10-12-1-6-16-13(9-12)7-8-20-16/h1-6,9,20H,7-8,10-11H2,(H2,19,22). The van der Waals surface area contributed by atoms with Crippen LogP contribution in [0.3, 0.4) is 0 Å². The zero-order chi connectivity index (χ0) is 18.0. The quantitative estimate of drug-likeness (QED) is 0.802. The molecule has 0 saturated carbocycles. The van der Waals surface area contributed by atoms with Gasteiger partial charge in [0.15, 0.2) is 0 Å². The Morgan fingerprint density at radius 3 is 2.60 bits per heavy atom. The van der Waals surface area contributed by atoms with Gasteiger partial charge in [-0.05, 0) is 47.9 Å². The van der Waals surface area contributed by atoms with Crippen LogP contribution in [0.5, 0.6) is 0 Å². The summed E-state index contributed by atoms with van der Waals surface area (Å²) in [7, 11) is -3.87. The van der Waals surface area contributed by atoms with Crippen molar-refractivity contribution in [2.45, 2.75) is 17.9 Å². The van der Waals surface area contributed by atoms with Crippen molar-refractivity contribution in [1.82, 2.24) is 4.31 Å². The first-order valence-corrected chi connectivity index (χ1v) is 9.58. The van der Waals surface area contributed by atoms with E-state index in [0.29, 0.717) is 5.02 Å². The maximum absolute atomic E-state index is 12.9. The number of sulfonamides is 1. The maximum atomic E-state index is 12.9. The molecule has 0 saturated heterocycles. The number of nitrogens with two attached hydrogens (primary N) is 1. The number of hydrogen-bond donors (Lipinski definition) is 2. The van der Waals surface area contributed by atoms with E-state index in [4.69, 9.17) is 17.3 Å². The number of carbonyl (C=O) groups excluding carboxylic acids is 1. The highest BCUT2D eigenvalue weighted by Crippen LogP contribution is 2.25. The third kappa shape index (κ3) is 3.95. The summed E-state index contributed by atoms with van der Waals surface area (Å²) >= 11 is 5.82. The number of amides is 1.